The second kappa shape index (κ2) is 8.72. The summed E-state index contributed by atoms with van der Waals surface area (Å²) in [5, 5.41) is 8.46. The quantitative estimate of drug-likeness (QED) is 0.570. The smallest absolute Gasteiger partial charge is 0.135 e. The Labute approximate surface area is 75.0 Å². The molecule has 0 aliphatic rings. The van der Waals surface area contributed by atoms with Gasteiger partial charge in [-0.15, -0.1) is 0 Å². The van der Waals surface area contributed by atoms with E-state index in [0.717, 1.165) is 12.8 Å². The van der Waals surface area contributed by atoms with Crippen LogP contribution >= 0.6 is 0 Å². The van der Waals surface area contributed by atoms with E-state index >= 15 is 0 Å². The third kappa shape index (κ3) is 7.73. The summed E-state index contributed by atoms with van der Waals surface area (Å²) in [6.07, 6.45) is 6.91. The Morgan fingerprint density at radius 2 is 1.75 bits per heavy atom. The van der Waals surface area contributed by atoms with Crippen molar-refractivity contribution in [2.75, 3.05) is 6.61 Å². The van der Waals surface area contributed by atoms with Crippen LogP contribution in [0.25, 0.3) is 0 Å². The number of Topliss-reactive ketones (excluding diaryl/α,β-unsaturated/α-hetero) is 1. The van der Waals surface area contributed by atoms with Crippen LogP contribution in [0, 0.1) is 0 Å². The van der Waals surface area contributed by atoms with Gasteiger partial charge in [0.2, 0.25) is 0 Å². The standard InChI is InChI=1S/C10H20O2/c1-2-3-4-5-6-7-10(12)8-9-11/h11H,2-9H2,1H3. The molecule has 2 heteroatoms. The van der Waals surface area contributed by atoms with Crippen LogP contribution in [-0.4, -0.2) is 17.5 Å². The van der Waals surface area contributed by atoms with Crippen molar-refractivity contribution in [3.05, 3.63) is 0 Å². The molecule has 0 unspecified atom stereocenters. The molecule has 0 aromatic rings. The zero-order chi connectivity index (χ0) is 9.23. The number of unbranched alkanes of at least 4 members (excludes halogenated alkanes) is 4. The van der Waals surface area contributed by atoms with Crippen LogP contribution in [-0.2, 0) is 4.79 Å². The highest BCUT2D eigenvalue weighted by Crippen LogP contribution is 2.05. The normalized spacial score (nSPS) is 10.2. The molecule has 0 bridgehead atoms. The highest BCUT2D eigenvalue weighted by atomic mass is 16.3. The van der Waals surface area contributed by atoms with Crippen molar-refractivity contribution < 1.29 is 9.90 Å². The fourth-order valence-corrected chi connectivity index (χ4v) is 1.18. The summed E-state index contributed by atoms with van der Waals surface area (Å²) in [6.45, 7) is 2.19. The summed E-state index contributed by atoms with van der Waals surface area (Å²) >= 11 is 0. The van der Waals surface area contributed by atoms with Crippen LogP contribution in [0.15, 0.2) is 0 Å². The first-order valence-corrected chi connectivity index (χ1v) is 4.93. The first-order valence-electron chi connectivity index (χ1n) is 4.93. The molecule has 0 radical (unpaired) electrons. The first kappa shape index (κ1) is 11.6. The van der Waals surface area contributed by atoms with Crippen molar-refractivity contribution in [1.29, 1.82) is 0 Å². The topological polar surface area (TPSA) is 37.3 Å². The lowest BCUT2D eigenvalue weighted by atomic mass is 10.1. The Balaban J connectivity index is 3.03. The number of hydrogen-bond acceptors (Lipinski definition) is 2. The van der Waals surface area contributed by atoms with E-state index in [-0.39, 0.29) is 12.4 Å². The van der Waals surface area contributed by atoms with Gasteiger partial charge >= 0.3 is 0 Å². The molecule has 72 valence electrons. The van der Waals surface area contributed by atoms with Gasteiger partial charge in [0.05, 0.1) is 0 Å². The number of aliphatic hydroxyl groups excluding tert-OH is 1. The largest absolute Gasteiger partial charge is 0.396 e. The molecule has 0 aliphatic heterocycles. The summed E-state index contributed by atoms with van der Waals surface area (Å²) in [5.74, 6) is 0.203. The van der Waals surface area contributed by atoms with Crippen LogP contribution in [0.4, 0.5) is 0 Å². The number of aliphatic hydroxyl groups is 1. The molecule has 0 aromatic carbocycles. The first-order chi connectivity index (χ1) is 5.81. The molecule has 0 aromatic heterocycles. The Hall–Kier alpha value is -0.370. The van der Waals surface area contributed by atoms with Crippen LogP contribution in [0.1, 0.15) is 51.9 Å². The van der Waals surface area contributed by atoms with E-state index in [1.165, 1.54) is 19.3 Å². The van der Waals surface area contributed by atoms with Crippen LogP contribution in [0.3, 0.4) is 0 Å². The minimum atomic E-state index is 0.00773. The lowest BCUT2D eigenvalue weighted by molar-refractivity contribution is -0.119. The zero-order valence-corrected chi connectivity index (χ0v) is 8.01. The van der Waals surface area contributed by atoms with E-state index in [1.807, 2.05) is 0 Å². The fourth-order valence-electron chi connectivity index (χ4n) is 1.18. The highest BCUT2D eigenvalue weighted by molar-refractivity contribution is 5.78. The van der Waals surface area contributed by atoms with Crippen molar-refractivity contribution in [2.24, 2.45) is 0 Å². The zero-order valence-electron chi connectivity index (χ0n) is 8.01. The molecule has 0 fully saturated rings. The highest BCUT2D eigenvalue weighted by Gasteiger charge is 1.99. The predicted molar refractivity (Wildman–Crippen MR) is 50.1 cm³/mol. The molecule has 0 amide bonds. The van der Waals surface area contributed by atoms with Crippen LogP contribution in [0.2, 0.25) is 0 Å². The molecule has 12 heavy (non-hydrogen) atoms. The Morgan fingerprint density at radius 3 is 2.33 bits per heavy atom. The lowest BCUT2D eigenvalue weighted by Crippen LogP contribution is -2.00. The lowest BCUT2D eigenvalue weighted by Gasteiger charge is -1.98. The van der Waals surface area contributed by atoms with Gasteiger partial charge in [-0.25, -0.2) is 0 Å². The number of hydrogen-bond donors (Lipinski definition) is 1. The van der Waals surface area contributed by atoms with Gasteiger partial charge in [0, 0.05) is 19.4 Å². The molecule has 0 saturated heterocycles. The number of ketones is 1. The maximum Gasteiger partial charge on any atom is 0.135 e. The Kier molecular flexibility index (Phi) is 8.46. The van der Waals surface area contributed by atoms with E-state index in [0.29, 0.717) is 12.8 Å². The summed E-state index contributed by atoms with van der Waals surface area (Å²) < 4.78 is 0. The van der Waals surface area contributed by atoms with E-state index in [2.05, 4.69) is 6.92 Å². The third-order valence-corrected chi connectivity index (χ3v) is 1.95. The van der Waals surface area contributed by atoms with Gasteiger partial charge in [0.15, 0.2) is 0 Å². The maximum absolute atomic E-state index is 10.9. The molecular weight excluding hydrogens is 152 g/mol. The van der Waals surface area contributed by atoms with Crippen molar-refractivity contribution in [3.63, 3.8) is 0 Å². The van der Waals surface area contributed by atoms with Crippen molar-refractivity contribution in [3.8, 4) is 0 Å². The van der Waals surface area contributed by atoms with Gasteiger partial charge in [0.1, 0.15) is 5.78 Å². The molecule has 0 saturated carbocycles. The van der Waals surface area contributed by atoms with Crippen molar-refractivity contribution in [1.82, 2.24) is 0 Å². The van der Waals surface area contributed by atoms with Crippen molar-refractivity contribution in [2.45, 2.75) is 51.9 Å². The molecule has 0 aliphatic carbocycles. The minimum absolute atomic E-state index is 0.00773. The van der Waals surface area contributed by atoms with Gasteiger partial charge in [-0.05, 0) is 6.42 Å². The molecule has 1 N–H and O–H groups in total. The van der Waals surface area contributed by atoms with E-state index in [9.17, 15) is 4.79 Å². The molecule has 0 atom stereocenters. The minimum Gasteiger partial charge on any atom is -0.396 e. The SMILES string of the molecule is CCCCCCCC(=O)CCO. The number of rotatable bonds is 8. The molecule has 0 rings (SSSR count). The number of carbonyl (C=O) groups is 1. The average molecular weight is 172 g/mol. The summed E-state index contributed by atoms with van der Waals surface area (Å²) in [6, 6.07) is 0. The van der Waals surface area contributed by atoms with Crippen LogP contribution in [0.5, 0.6) is 0 Å². The average Bonchev–Trinajstić information content (AvgIpc) is 2.05. The maximum atomic E-state index is 10.9. The molecule has 2 nitrogen and oxygen atoms in total. The molecule has 0 spiro atoms. The second-order valence-electron chi connectivity index (χ2n) is 3.18. The monoisotopic (exact) mass is 172 g/mol. The van der Waals surface area contributed by atoms with Crippen LogP contribution < -0.4 is 0 Å². The van der Waals surface area contributed by atoms with Gasteiger partial charge < -0.3 is 5.11 Å². The Morgan fingerprint density at radius 1 is 1.08 bits per heavy atom. The number of carbonyl (C=O) groups excluding carboxylic acids is 1. The van der Waals surface area contributed by atoms with E-state index in [1.54, 1.807) is 0 Å². The van der Waals surface area contributed by atoms with Gasteiger partial charge in [-0.1, -0.05) is 32.6 Å². The molecule has 0 heterocycles. The third-order valence-electron chi connectivity index (χ3n) is 1.95. The van der Waals surface area contributed by atoms with Crippen molar-refractivity contribution >= 4 is 5.78 Å². The predicted octanol–water partition coefficient (Wildman–Crippen LogP) is 2.30. The fraction of sp³-hybridized carbons (Fsp3) is 0.900. The van der Waals surface area contributed by atoms with Gasteiger partial charge in [0.25, 0.3) is 0 Å². The summed E-state index contributed by atoms with van der Waals surface area (Å²) in [5.41, 5.74) is 0. The van der Waals surface area contributed by atoms with E-state index in [4.69, 9.17) is 5.11 Å². The Bertz CT molecular complexity index is 110. The second-order valence-corrected chi connectivity index (χ2v) is 3.18. The molecular formula is C10H20O2. The summed E-state index contributed by atoms with van der Waals surface area (Å²) in [4.78, 5) is 10.9. The van der Waals surface area contributed by atoms with Gasteiger partial charge in [-0.2, -0.15) is 0 Å². The summed E-state index contributed by atoms with van der Waals surface area (Å²) in [7, 11) is 0. The van der Waals surface area contributed by atoms with E-state index < -0.39 is 0 Å². The van der Waals surface area contributed by atoms with Gasteiger partial charge in [-0.3, -0.25) is 4.79 Å².